The molecule has 4 aromatic carbocycles. The lowest BCUT2D eigenvalue weighted by atomic mass is 9.77. The van der Waals surface area contributed by atoms with Gasteiger partial charge in [-0.3, -0.25) is 0 Å². The number of aliphatic hydroxyl groups is 2. The molecule has 0 aliphatic heterocycles. The zero-order chi connectivity index (χ0) is 46.9. The van der Waals surface area contributed by atoms with E-state index in [0.29, 0.717) is 83.6 Å². The zero-order valence-electron chi connectivity index (χ0n) is 39.1. The summed E-state index contributed by atoms with van der Waals surface area (Å²) in [5, 5.41) is 20.2. The van der Waals surface area contributed by atoms with Crippen molar-refractivity contribution in [3.8, 4) is 39.1 Å². The van der Waals surface area contributed by atoms with Crippen LogP contribution in [0.15, 0.2) is 97.1 Å². The fourth-order valence-corrected chi connectivity index (χ4v) is 8.80. The van der Waals surface area contributed by atoms with E-state index >= 15 is 8.78 Å². The van der Waals surface area contributed by atoms with Crippen molar-refractivity contribution < 1.29 is 42.8 Å². The Bertz CT molecular complexity index is 2150. The summed E-state index contributed by atoms with van der Waals surface area (Å²) in [4.78, 5) is 24.3. The average molecular weight is 893 g/mol. The number of ether oxygens (including phenoxy) is 3. The van der Waals surface area contributed by atoms with Gasteiger partial charge in [0.1, 0.15) is 17.4 Å². The number of benzene rings is 4. The van der Waals surface area contributed by atoms with E-state index in [-0.39, 0.29) is 38.9 Å². The molecule has 0 saturated heterocycles. The first-order chi connectivity index (χ1) is 31.3. The molecule has 0 amide bonds. The third kappa shape index (κ3) is 14.2. The Hall–Kier alpha value is -5.12. The number of hydrogen-bond acceptors (Lipinski definition) is 7. The average Bonchev–Trinajstić information content (AvgIpc) is 3.31. The van der Waals surface area contributed by atoms with Crippen molar-refractivity contribution in [3.63, 3.8) is 0 Å². The van der Waals surface area contributed by atoms with Crippen LogP contribution in [0.25, 0.3) is 33.4 Å². The summed E-state index contributed by atoms with van der Waals surface area (Å²) in [5.74, 6) is 0.154. The summed E-state index contributed by atoms with van der Waals surface area (Å²) < 4.78 is 49.3. The monoisotopic (exact) mass is 893 g/mol. The van der Waals surface area contributed by atoms with Gasteiger partial charge in [0, 0.05) is 27.7 Å². The molecule has 1 fully saturated rings. The lowest BCUT2D eigenvalue weighted by molar-refractivity contribution is -0.139. The largest absolute Gasteiger partial charge is 0.493 e. The number of carbonyl (C=O) groups is 2. The minimum atomic E-state index is -0.715. The maximum Gasteiger partial charge on any atom is 0.333 e. The van der Waals surface area contributed by atoms with Crippen molar-refractivity contribution in [2.45, 2.75) is 124 Å². The predicted molar refractivity (Wildman–Crippen MR) is 257 cm³/mol. The number of hydrogen-bond donors (Lipinski definition) is 2. The van der Waals surface area contributed by atoms with E-state index in [9.17, 15) is 19.8 Å². The fourth-order valence-electron chi connectivity index (χ4n) is 8.80. The second-order valence-corrected chi connectivity index (χ2v) is 18.2. The van der Waals surface area contributed by atoms with Crippen LogP contribution in [0.3, 0.4) is 0 Å². The van der Waals surface area contributed by atoms with Crippen molar-refractivity contribution in [1.82, 2.24) is 0 Å². The van der Waals surface area contributed by atoms with Crippen molar-refractivity contribution in [3.05, 3.63) is 125 Å². The molecule has 1 saturated carbocycles. The van der Waals surface area contributed by atoms with Crippen LogP contribution < -0.4 is 4.74 Å². The fraction of sp³-hybridized carbons (Fsp3) is 0.464. The molecule has 1 aliphatic rings. The summed E-state index contributed by atoms with van der Waals surface area (Å²) in [6, 6.07) is 22.1. The first-order valence-corrected chi connectivity index (χ1v) is 23.7. The van der Waals surface area contributed by atoms with E-state index in [1.807, 2.05) is 55.5 Å². The molecular formula is C56H70F2O7. The molecule has 9 heteroatoms. The lowest BCUT2D eigenvalue weighted by Gasteiger charge is -2.29. The topological polar surface area (TPSA) is 102 Å². The molecular weight excluding hydrogens is 823 g/mol. The van der Waals surface area contributed by atoms with Crippen LogP contribution in [-0.4, -0.2) is 55.2 Å². The molecule has 7 nitrogen and oxygen atoms in total. The van der Waals surface area contributed by atoms with Gasteiger partial charge in [-0.15, -0.1) is 0 Å². The predicted octanol–water partition coefficient (Wildman–Crippen LogP) is 13.1. The minimum absolute atomic E-state index is 0.134. The Balaban J connectivity index is 1.38. The Morgan fingerprint density at radius 1 is 0.662 bits per heavy atom. The number of halogens is 2. The Kier molecular flexibility index (Phi) is 19.5. The summed E-state index contributed by atoms with van der Waals surface area (Å²) >= 11 is 0. The molecule has 0 heterocycles. The van der Waals surface area contributed by atoms with Crippen LogP contribution >= 0.6 is 0 Å². The van der Waals surface area contributed by atoms with Gasteiger partial charge in [0.2, 0.25) is 0 Å². The minimum Gasteiger partial charge on any atom is -0.493 e. The number of carbonyl (C=O) groups excluding carboxylic acids is 2. The molecule has 0 aromatic heterocycles. The van der Waals surface area contributed by atoms with Crippen LogP contribution in [0.1, 0.15) is 127 Å². The van der Waals surface area contributed by atoms with Crippen molar-refractivity contribution >= 4 is 11.9 Å². The Morgan fingerprint density at radius 3 is 1.72 bits per heavy atom. The van der Waals surface area contributed by atoms with Crippen molar-refractivity contribution in [1.29, 1.82) is 0 Å². The standard InChI is InChI=1S/C56H70F2O7/c1-7-9-10-13-40-16-18-41(19-17-40)44-24-26-49(51(57)34-44)43-22-20-42(21-23-43)45-25-27-50(52(58)35-45)48-32-46(14-11-29-64-54(61)38(3)4)53(63-31-28-56(8-2,36-59)37-60)47(33-48)15-12-30-65-55(62)39(5)6/h20-27,32-35,40-41,59-60H,3,5,7-19,28-31,36-37H2,1-2,4,6H3. The quantitative estimate of drug-likeness (QED) is 0.0388. The molecule has 0 bridgehead atoms. The van der Waals surface area contributed by atoms with Crippen LogP contribution in [0.4, 0.5) is 8.78 Å². The highest BCUT2D eigenvalue weighted by Crippen LogP contribution is 2.40. The Morgan fingerprint density at radius 2 is 1.20 bits per heavy atom. The van der Waals surface area contributed by atoms with Crippen LogP contribution in [0, 0.1) is 23.0 Å². The van der Waals surface area contributed by atoms with E-state index < -0.39 is 23.2 Å². The smallest absolute Gasteiger partial charge is 0.333 e. The summed E-state index contributed by atoms with van der Waals surface area (Å²) in [6.07, 6.45) is 12.5. The molecule has 350 valence electrons. The van der Waals surface area contributed by atoms with Gasteiger partial charge in [0.05, 0.1) is 33.0 Å². The van der Waals surface area contributed by atoms with Gasteiger partial charge in [-0.05, 0) is 153 Å². The molecule has 0 unspecified atom stereocenters. The maximum atomic E-state index is 16.4. The molecule has 5 rings (SSSR count). The number of aliphatic hydroxyl groups excluding tert-OH is 2. The highest BCUT2D eigenvalue weighted by molar-refractivity contribution is 5.87. The van der Waals surface area contributed by atoms with Gasteiger partial charge in [0.15, 0.2) is 0 Å². The molecule has 4 aromatic rings. The Labute approximate surface area is 385 Å². The summed E-state index contributed by atoms with van der Waals surface area (Å²) in [6.45, 7) is 14.7. The molecule has 2 N–H and O–H groups in total. The van der Waals surface area contributed by atoms with Gasteiger partial charge in [-0.25, -0.2) is 18.4 Å². The number of rotatable bonds is 25. The van der Waals surface area contributed by atoms with Crippen LogP contribution in [0.2, 0.25) is 0 Å². The molecule has 0 spiro atoms. The molecule has 0 atom stereocenters. The van der Waals surface area contributed by atoms with Crippen LogP contribution in [0.5, 0.6) is 5.75 Å². The third-order valence-electron chi connectivity index (χ3n) is 13.2. The van der Waals surface area contributed by atoms with E-state index in [4.69, 9.17) is 14.2 Å². The van der Waals surface area contributed by atoms with E-state index in [1.54, 1.807) is 26.0 Å². The highest BCUT2D eigenvalue weighted by Gasteiger charge is 2.27. The first kappa shape index (κ1) is 50.9. The number of aryl methyl sites for hydroxylation is 2. The number of esters is 2. The van der Waals surface area contributed by atoms with Gasteiger partial charge < -0.3 is 24.4 Å². The summed E-state index contributed by atoms with van der Waals surface area (Å²) in [5.41, 5.74) is 6.25. The third-order valence-corrected chi connectivity index (χ3v) is 13.2. The van der Waals surface area contributed by atoms with Gasteiger partial charge in [-0.1, -0.05) is 101 Å². The second-order valence-electron chi connectivity index (χ2n) is 18.2. The number of unbranched alkanes of at least 4 members (excludes halogenated alkanes) is 2. The molecule has 0 radical (unpaired) electrons. The van der Waals surface area contributed by atoms with Gasteiger partial charge in [0.25, 0.3) is 0 Å². The zero-order valence-corrected chi connectivity index (χ0v) is 39.1. The lowest BCUT2D eigenvalue weighted by Crippen LogP contribution is -2.31. The van der Waals surface area contributed by atoms with Crippen molar-refractivity contribution in [2.24, 2.45) is 11.3 Å². The second kappa shape index (κ2) is 25.0. The SMILES string of the molecule is C=C(C)C(=O)OCCCc1cc(-c2ccc(-c3ccc(-c4ccc(C5CCC(CCCCC)CC5)cc4F)cc3)cc2F)cc(CCCOC(=O)C(=C)C)c1OCCC(CC)(CO)CO. The maximum absolute atomic E-state index is 16.4. The van der Waals surface area contributed by atoms with E-state index in [0.717, 1.165) is 46.6 Å². The van der Waals surface area contributed by atoms with Gasteiger partial charge in [-0.2, -0.15) is 0 Å². The normalized spacial score (nSPS) is 15.1. The highest BCUT2D eigenvalue weighted by atomic mass is 19.1. The summed E-state index contributed by atoms with van der Waals surface area (Å²) in [7, 11) is 0. The van der Waals surface area contributed by atoms with Crippen LogP contribution in [-0.2, 0) is 31.9 Å². The van der Waals surface area contributed by atoms with E-state index in [2.05, 4.69) is 26.1 Å². The molecule has 65 heavy (non-hydrogen) atoms. The first-order valence-electron chi connectivity index (χ1n) is 23.7. The van der Waals surface area contributed by atoms with E-state index in [1.165, 1.54) is 44.6 Å². The van der Waals surface area contributed by atoms with Gasteiger partial charge >= 0.3 is 11.9 Å². The molecule has 1 aliphatic carbocycles. The van der Waals surface area contributed by atoms with Crippen molar-refractivity contribution in [2.75, 3.05) is 33.0 Å².